The Kier molecular flexibility index (Phi) is 5.86. The summed E-state index contributed by atoms with van der Waals surface area (Å²) in [5.74, 6) is -0.632. The number of aromatic amines is 1. The van der Waals surface area contributed by atoms with Crippen molar-refractivity contribution in [3.63, 3.8) is 0 Å². The van der Waals surface area contributed by atoms with Gasteiger partial charge in [-0.1, -0.05) is 38.5 Å². The van der Waals surface area contributed by atoms with E-state index in [4.69, 9.17) is 0 Å². The molecular formula is C20H21F3N4O3. The Balaban J connectivity index is 1.97. The number of nitrogens with zero attached hydrogens (tertiary/aromatic N) is 1. The summed E-state index contributed by atoms with van der Waals surface area (Å²) in [7, 11) is 0. The molecular weight excluding hydrogens is 401 g/mol. The van der Waals surface area contributed by atoms with E-state index in [0.29, 0.717) is 29.9 Å². The van der Waals surface area contributed by atoms with Gasteiger partial charge in [0.2, 0.25) is 5.91 Å². The van der Waals surface area contributed by atoms with Crippen LogP contribution in [-0.2, 0) is 17.5 Å². The van der Waals surface area contributed by atoms with Crippen molar-refractivity contribution in [2.45, 2.75) is 39.0 Å². The van der Waals surface area contributed by atoms with Crippen LogP contribution in [0.2, 0.25) is 0 Å². The standard InChI is InChI=1S/C20H21F3N4O3/c1-3-11(2)16-18(29)25-14-7-5-4-6-12(14)10-27(16)19(30)26-15-8-13(20(21,22)23)9-24-17(15)28/h4-9,11,16H,3,10H2,1-2H3,(H,24,28)(H,25,29)(H,26,30). The Bertz CT molecular complexity index is 1020. The van der Waals surface area contributed by atoms with Gasteiger partial charge in [0.25, 0.3) is 5.56 Å². The molecule has 1 aromatic heterocycles. The van der Waals surface area contributed by atoms with Crippen LogP contribution in [0.4, 0.5) is 29.3 Å². The van der Waals surface area contributed by atoms with Crippen LogP contribution in [0.3, 0.4) is 0 Å². The van der Waals surface area contributed by atoms with Crippen LogP contribution in [0.15, 0.2) is 41.3 Å². The largest absolute Gasteiger partial charge is 0.417 e. The number of benzene rings is 1. The third-order valence-corrected chi connectivity index (χ3v) is 5.14. The lowest BCUT2D eigenvalue weighted by Gasteiger charge is -2.32. The van der Waals surface area contributed by atoms with Crippen molar-refractivity contribution in [2.24, 2.45) is 5.92 Å². The van der Waals surface area contributed by atoms with Crippen molar-refractivity contribution in [2.75, 3.05) is 10.6 Å². The van der Waals surface area contributed by atoms with Crippen LogP contribution in [0.25, 0.3) is 0 Å². The van der Waals surface area contributed by atoms with Gasteiger partial charge in [-0.05, 0) is 23.6 Å². The Morgan fingerprint density at radius 3 is 2.67 bits per heavy atom. The molecule has 0 fully saturated rings. The molecule has 30 heavy (non-hydrogen) atoms. The highest BCUT2D eigenvalue weighted by molar-refractivity contribution is 6.00. The van der Waals surface area contributed by atoms with E-state index in [1.54, 1.807) is 31.2 Å². The van der Waals surface area contributed by atoms with E-state index in [2.05, 4.69) is 10.6 Å². The molecule has 2 aromatic rings. The summed E-state index contributed by atoms with van der Waals surface area (Å²) in [4.78, 5) is 41.1. The summed E-state index contributed by atoms with van der Waals surface area (Å²) >= 11 is 0. The third kappa shape index (κ3) is 4.32. The SMILES string of the molecule is CCC(C)C1C(=O)Nc2ccccc2CN1C(=O)Nc1cc(C(F)(F)F)c[nH]c1=O. The number of hydrogen-bond acceptors (Lipinski definition) is 3. The van der Waals surface area contributed by atoms with E-state index in [1.165, 1.54) is 4.90 Å². The first kappa shape index (κ1) is 21.4. The number of rotatable bonds is 3. The molecule has 10 heteroatoms. The summed E-state index contributed by atoms with van der Waals surface area (Å²) in [6.45, 7) is 3.72. The second-order valence-corrected chi connectivity index (χ2v) is 7.16. The average molecular weight is 422 g/mol. The molecule has 1 aromatic carbocycles. The number of para-hydroxylation sites is 1. The minimum Gasteiger partial charge on any atom is -0.327 e. The van der Waals surface area contributed by atoms with Crippen molar-refractivity contribution < 1.29 is 22.8 Å². The Labute approximate surface area is 170 Å². The molecule has 0 saturated heterocycles. The van der Waals surface area contributed by atoms with Gasteiger partial charge in [0.15, 0.2) is 0 Å². The Morgan fingerprint density at radius 2 is 2.00 bits per heavy atom. The van der Waals surface area contributed by atoms with Crippen LogP contribution < -0.4 is 16.2 Å². The summed E-state index contributed by atoms with van der Waals surface area (Å²) in [6.07, 6.45) is -3.57. The summed E-state index contributed by atoms with van der Waals surface area (Å²) in [5.41, 5.74) is -1.30. The van der Waals surface area contributed by atoms with Crippen molar-refractivity contribution in [1.29, 1.82) is 0 Å². The monoisotopic (exact) mass is 422 g/mol. The minimum atomic E-state index is -4.69. The lowest BCUT2D eigenvalue weighted by molar-refractivity contribution is -0.137. The maximum Gasteiger partial charge on any atom is 0.417 e. The van der Waals surface area contributed by atoms with E-state index in [0.717, 1.165) is 0 Å². The third-order valence-electron chi connectivity index (χ3n) is 5.14. The number of carbonyl (C=O) groups is 2. The number of pyridine rings is 1. The quantitative estimate of drug-likeness (QED) is 0.702. The van der Waals surface area contributed by atoms with E-state index in [1.807, 2.05) is 11.9 Å². The van der Waals surface area contributed by atoms with Gasteiger partial charge in [-0.2, -0.15) is 13.2 Å². The molecule has 7 nitrogen and oxygen atoms in total. The maximum atomic E-state index is 13.0. The second-order valence-electron chi connectivity index (χ2n) is 7.16. The van der Waals surface area contributed by atoms with E-state index in [-0.39, 0.29) is 12.5 Å². The number of urea groups is 1. The molecule has 1 aliphatic heterocycles. The molecule has 0 bridgehead atoms. The van der Waals surface area contributed by atoms with Gasteiger partial charge < -0.3 is 20.5 Å². The number of fused-ring (bicyclic) bond motifs is 1. The highest BCUT2D eigenvalue weighted by Gasteiger charge is 2.37. The Hall–Kier alpha value is -3.30. The zero-order chi connectivity index (χ0) is 22.1. The van der Waals surface area contributed by atoms with Crippen LogP contribution in [0, 0.1) is 5.92 Å². The summed E-state index contributed by atoms with van der Waals surface area (Å²) in [5, 5.41) is 5.04. The number of anilines is 2. The average Bonchev–Trinajstić information content (AvgIpc) is 2.83. The van der Waals surface area contributed by atoms with Gasteiger partial charge in [0, 0.05) is 11.9 Å². The molecule has 2 atom stereocenters. The van der Waals surface area contributed by atoms with Crippen LogP contribution in [-0.4, -0.2) is 27.9 Å². The number of halogens is 3. The molecule has 2 unspecified atom stereocenters. The highest BCUT2D eigenvalue weighted by atomic mass is 19.4. The molecule has 3 amide bonds. The number of H-pyrrole nitrogens is 1. The molecule has 0 spiro atoms. The number of alkyl halides is 3. The first-order valence-corrected chi connectivity index (χ1v) is 9.38. The fraction of sp³-hybridized carbons (Fsp3) is 0.350. The smallest absolute Gasteiger partial charge is 0.327 e. The second kappa shape index (κ2) is 8.21. The fourth-order valence-electron chi connectivity index (χ4n) is 3.32. The number of nitrogens with one attached hydrogen (secondary N) is 3. The van der Waals surface area contributed by atoms with Crippen molar-refractivity contribution in [1.82, 2.24) is 9.88 Å². The van der Waals surface area contributed by atoms with Gasteiger partial charge in [0.1, 0.15) is 11.7 Å². The van der Waals surface area contributed by atoms with Crippen molar-refractivity contribution in [3.05, 3.63) is 58.0 Å². The molecule has 0 saturated carbocycles. The molecule has 3 N–H and O–H groups in total. The van der Waals surface area contributed by atoms with Gasteiger partial charge >= 0.3 is 12.2 Å². The Morgan fingerprint density at radius 1 is 1.30 bits per heavy atom. The van der Waals surface area contributed by atoms with E-state index >= 15 is 0 Å². The molecule has 1 aliphatic rings. The fourth-order valence-corrected chi connectivity index (χ4v) is 3.32. The molecule has 160 valence electrons. The minimum absolute atomic E-state index is 0.0482. The number of hydrogen-bond donors (Lipinski definition) is 3. The zero-order valence-electron chi connectivity index (χ0n) is 16.3. The molecule has 2 heterocycles. The lowest BCUT2D eigenvalue weighted by atomic mass is 9.97. The lowest BCUT2D eigenvalue weighted by Crippen LogP contribution is -2.50. The topological polar surface area (TPSA) is 94.3 Å². The normalized spacial score (nSPS) is 17.6. The number of carbonyl (C=O) groups excluding carboxylic acids is 2. The predicted molar refractivity (Wildman–Crippen MR) is 105 cm³/mol. The zero-order valence-corrected chi connectivity index (χ0v) is 16.3. The molecule has 3 rings (SSSR count). The van der Waals surface area contributed by atoms with Crippen LogP contribution in [0.1, 0.15) is 31.4 Å². The van der Waals surface area contributed by atoms with Crippen molar-refractivity contribution >= 4 is 23.3 Å². The summed E-state index contributed by atoms with van der Waals surface area (Å²) in [6, 6.07) is 5.81. The van der Waals surface area contributed by atoms with E-state index < -0.39 is 41.0 Å². The van der Waals surface area contributed by atoms with E-state index in [9.17, 15) is 27.6 Å². The number of aromatic nitrogens is 1. The van der Waals surface area contributed by atoms with Crippen LogP contribution in [0.5, 0.6) is 0 Å². The van der Waals surface area contributed by atoms with Crippen LogP contribution >= 0.6 is 0 Å². The number of amides is 3. The maximum absolute atomic E-state index is 13.0. The summed E-state index contributed by atoms with van der Waals surface area (Å²) < 4.78 is 38.9. The predicted octanol–water partition coefficient (Wildman–Crippen LogP) is 3.79. The van der Waals surface area contributed by atoms with Crippen molar-refractivity contribution in [3.8, 4) is 0 Å². The molecule has 0 aliphatic carbocycles. The first-order chi connectivity index (χ1) is 14.1. The van der Waals surface area contributed by atoms with Gasteiger partial charge in [-0.25, -0.2) is 4.79 Å². The molecule has 0 radical (unpaired) electrons. The highest BCUT2D eigenvalue weighted by Crippen LogP contribution is 2.30. The first-order valence-electron chi connectivity index (χ1n) is 9.38. The van der Waals surface area contributed by atoms with Gasteiger partial charge in [-0.3, -0.25) is 9.59 Å². The van der Waals surface area contributed by atoms with Gasteiger partial charge in [0.05, 0.1) is 12.1 Å². The van der Waals surface area contributed by atoms with Gasteiger partial charge in [-0.15, -0.1) is 0 Å².